The summed E-state index contributed by atoms with van der Waals surface area (Å²) in [5.41, 5.74) is 5.36. The van der Waals surface area contributed by atoms with E-state index in [9.17, 15) is 4.79 Å². The van der Waals surface area contributed by atoms with E-state index in [1.807, 2.05) is 69.3 Å². The molecule has 0 atom stereocenters. The minimum Gasteiger partial charge on any atom is -0.357 e. The van der Waals surface area contributed by atoms with Gasteiger partial charge in [-0.1, -0.05) is 12.1 Å². The van der Waals surface area contributed by atoms with Crippen LogP contribution in [-0.4, -0.2) is 29.1 Å². The molecule has 0 aliphatic heterocycles. The van der Waals surface area contributed by atoms with E-state index in [0.29, 0.717) is 11.6 Å². The SMILES string of the molecule is CCN(CC)c1cc(C)nc(Nc2ccc(NC(=O)Nc3cc(C)ccc3C)cc2)n1. The van der Waals surface area contributed by atoms with Crippen LogP contribution in [0.1, 0.15) is 30.7 Å². The number of urea groups is 1. The summed E-state index contributed by atoms with van der Waals surface area (Å²) in [6.45, 7) is 11.9. The molecule has 2 amide bonds. The molecule has 3 aromatic rings. The molecule has 0 aliphatic carbocycles. The maximum absolute atomic E-state index is 12.4. The maximum atomic E-state index is 12.4. The molecular weight excluding hydrogens is 388 g/mol. The Kier molecular flexibility index (Phi) is 7.07. The number of benzene rings is 2. The summed E-state index contributed by atoms with van der Waals surface area (Å²) in [6.07, 6.45) is 0. The average molecular weight is 419 g/mol. The Balaban J connectivity index is 1.65. The van der Waals surface area contributed by atoms with Gasteiger partial charge in [0.1, 0.15) is 5.82 Å². The number of amides is 2. The first-order valence-electron chi connectivity index (χ1n) is 10.5. The number of carbonyl (C=O) groups excluding carboxylic acids is 1. The van der Waals surface area contributed by atoms with Crippen molar-refractivity contribution < 1.29 is 4.79 Å². The van der Waals surface area contributed by atoms with Crippen LogP contribution in [0.15, 0.2) is 48.5 Å². The number of aryl methyl sites for hydroxylation is 3. The number of anilines is 5. The Labute approximate surface area is 183 Å². The molecule has 7 nitrogen and oxygen atoms in total. The molecule has 2 aromatic carbocycles. The van der Waals surface area contributed by atoms with Gasteiger partial charge >= 0.3 is 6.03 Å². The molecule has 0 saturated heterocycles. The van der Waals surface area contributed by atoms with Crippen molar-refractivity contribution in [1.82, 2.24) is 9.97 Å². The van der Waals surface area contributed by atoms with Gasteiger partial charge in [-0.3, -0.25) is 0 Å². The van der Waals surface area contributed by atoms with Crippen LogP contribution in [0, 0.1) is 20.8 Å². The van der Waals surface area contributed by atoms with Gasteiger partial charge in [0.15, 0.2) is 0 Å². The number of hydrogen-bond donors (Lipinski definition) is 3. The predicted molar refractivity (Wildman–Crippen MR) is 129 cm³/mol. The zero-order valence-electron chi connectivity index (χ0n) is 18.8. The Hall–Kier alpha value is -3.61. The smallest absolute Gasteiger partial charge is 0.323 e. The van der Waals surface area contributed by atoms with Crippen molar-refractivity contribution in [3.05, 3.63) is 65.4 Å². The standard InChI is InChI=1S/C24H30N6O/c1-6-30(7-2)22-15-18(5)25-23(29-22)26-19-10-12-20(13-11-19)27-24(31)28-21-14-16(3)8-9-17(21)4/h8-15H,6-7H2,1-5H3,(H,25,26,29)(H2,27,28,31). The van der Waals surface area contributed by atoms with Crippen molar-refractivity contribution >= 4 is 34.9 Å². The third-order valence-corrected chi connectivity index (χ3v) is 4.97. The first kappa shape index (κ1) is 22.1. The molecule has 0 aliphatic rings. The third-order valence-electron chi connectivity index (χ3n) is 4.97. The summed E-state index contributed by atoms with van der Waals surface area (Å²) in [7, 11) is 0. The molecular formula is C24H30N6O. The van der Waals surface area contributed by atoms with Gasteiger partial charge in [-0.2, -0.15) is 4.98 Å². The van der Waals surface area contributed by atoms with E-state index in [0.717, 1.165) is 47.1 Å². The highest BCUT2D eigenvalue weighted by Gasteiger charge is 2.09. The highest BCUT2D eigenvalue weighted by atomic mass is 16.2. The molecule has 0 unspecified atom stereocenters. The number of nitrogens with one attached hydrogen (secondary N) is 3. The largest absolute Gasteiger partial charge is 0.357 e. The average Bonchev–Trinajstić information content (AvgIpc) is 2.73. The molecule has 0 radical (unpaired) electrons. The van der Waals surface area contributed by atoms with E-state index in [-0.39, 0.29) is 6.03 Å². The minimum atomic E-state index is -0.278. The molecule has 31 heavy (non-hydrogen) atoms. The molecule has 3 N–H and O–H groups in total. The quantitative estimate of drug-likeness (QED) is 0.463. The van der Waals surface area contributed by atoms with Crippen molar-refractivity contribution in [2.75, 3.05) is 33.9 Å². The molecule has 0 fully saturated rings. The number of nitrogens with zero attached hydrogens (tertiary/aromatic N) is 3. The Morgan fingerprint density at radius 2 is 1.55 bits per heavy atom. The molecule has 0 bridgehead atoms. The van der Waals surface area contributed by atoms with Crippen LogP contribution >= 0.6 is 0 Å². The van der Waals surface area contributed by atoms with Gasteiger partial charge in [-0.15, -0.1) is 0 Å². The second-order valence-electron chi connectivity index (χ2n) is 7.46. The van der Waals surface area contributed by atoms with Gasteiger partial charge in [0, 0.05) is 41.9 Å². The zero-order chi connectivity index (χ0) is 22.4. The fourth-order valence-corrected chi connectivity index (χ4v) is 3.24. The van der Waals surface area contributed by atoms with Crippen LogP contribution in [-0.2, 0) is 0 Å². The van der Waals surface area contributed by atoms with Gasteiger partial charge in [-0.05, 0) is 76.1 Å². The summed E-state index contributed by atoms with van der Waals surface area (Å²) in [5.74, 6) is 1.46. The van der Waals surface area contributed by atoms with Gasteiger partial charge in [0.2, 0.25) is 5.95 Å². The number of aromatic nitrogens is 2. The van der Waals surface area contributed by atoms with Gasteiger partial charge in [-0.25, -0.2) is 9.78 Å². The third kappa shape index (κ3) is 5.94. The lowest BCUT2D eigenvalue weighted by Gasteiger charge is -2.20. The summed E-state index contributed by atoms with van der Waals surface area (Å²) in [6, 6.07) is 15.1. The normalized spacial score (nSPS) is 10.5. The molecule has 0 spiro atoms. The Morgan fingerprint density at radius 3 is 2.23 bits per heavy atom. The van der Waals surface area contributed by atoms with Crippen molar-refractivity contribution in [3.63, 3.8) is 0 Å². The van der Waals surface area contributed by atoms with Crippen LogP contribution < -0.4 is 20.9 Å². The fraction of sp³-hybridized carbons (Fsp3) is 0.292. The monoisotopic (exact) mass is 418 g/mol. The highest BCUT2D eigenvalue weighted by molar-refractivity contribution is 6.00. The van der Waals surface area contributed by atoms with Gasteiger partial charge < -0.3 is 20.9 Å². The van der Waals surface area contributed by atoms with E-state index in [2.05, 4.69) is 44.7 Å². The van der Waals surface area contributed by atoms with Crippen molar-refractivity contribution in [2.24, 2.45) is 0 Å². The molecule has 7 heteroatoms. The first-order chi connectivity index (χ1) is 14.9. The van der Waals surface area contributed by atoms with Crippen LogP contribution in [0.5, 0.6) is 0 Å². The van der Waals surface area contributed by atoms with E-state index in [1.54, 1.807) is 0 Å². The van der Waals surface area contributed by atoms with Crippen molar-refractivity contribution in [3.8, 4) is 0 Å². The second-order valence-corrected chi connectivity index (χ2v) is 7.46. The van der Waals surface area contributed by atoms with Crippen molar-refractivity contribution in [1.29, 1.82) is 0 Å². The molecule has 1 heterocycles. The molecule has 162 valence electrons. The summed E-state index contributed by atoms with van der Waals surface area (Å²) in [4.78, 5) is 23.6. The van der Waals surface area contributed by atoms with Crippen LogP contribution in [0.25, 0.3) is 0 Å². The Morgan fingerprint density at radius 1 is 0.871 bits per heavy atom. The number of rotatable bonds is 7. The molecule has 3 rings (SSSR count). The first-order valence-corrected chi connectivity index (χ1v) is 10.5. The van der Waals surface area contributed by atoms with Crippen LogP contribution in [0.4, 0.5) is 33.6 Å². The number of hydrogen-bond acceptors (Lipinski definition) is 5. The van der Waals surface area contributed by atoms with Crippen molar-refractivity contribution in [2.45, 2.75) is 34.6 Å². The summed E-state index contributed by atoms with van der Waals surface area (Å²) < 4.78 is 0. The van der Waals surface area contributed by atoms with E-state index in [1.165, 1.54) is 0 Å². The van der Waals surface area contributed by atoms with Gasteiger partial charge in [0.05, 0.1) is 0 Å². The second kappa shape index (κ2) is 9.93. The number of carbonyl (C=O) groups is 1. The fourth-order valence-electron chi connectivity index (χ4n) is 3.24. The van der Waals surface area contributed by atoms with E-state index < -0.39 is 0 Å². The summed E-state index contributed by atoms with van der Waals surface area (Å²) >= 11 is 0. The molecule has 1 aromatic heterocycles. The van der Waals surface area contributed by atoms with Crippen LogP contribution in [0.2, 0.25) is 0 Å². The molecule has 0 saturated carbocycles. The Bertz CT molecular complexity index is 1040. The topological polar surface area (TPSA) is 82.2 Å². The highest BCUT2D eigenvalue weighted by Crippen LogP contribution is 2.21. The predicted octanol–water partition coefficient (Wildman–Crippen LogP) is 5.64. The van der Waals surface area contributed by atoms with E-state index in [4.69, 9.17) is 0 Å². The zero-order valence-corrected chi connectivity index (χ0v) is 18.8. The van der Waals surface area contributed by atoms with Crippen LogP contribution in [0.3, 0.4) is 0 Å². The lowest BCUT2D eigenvalue weighted by Crippen LogP contribution is -2.23. The van der Waals surface area contributed by atoms with Gasteiger partial charge in [0.25, 0.3) is 0 Å². The van der Waals surface area contributed by atoms with E-state index >= 15 is 0 Å². The lowest BCUT2D eigenvalue weighted by molar-refractivity contribution is 0.262. The minimum absolute atomic E-state index is 0.278. The maximum Gasteiger partial charge on any atom is 0.323 e. The lowest BCUT2D eigenvalue weighted by atomic mass is 10.1. The summed E-state index contributed by atoms with van der Waals surface area (Å²) in [5, 5.41) is 9.00.